The van der Waals surface area contributed by atoms with Crippen LogP contribution >= 0.6 is 11.6 Å². The Bertz CT molecular complexity index is 644. The van der Waals surface area contributed by atoms with Crippen molar-refractivity contribution >= 4 is 23.0 Å². The number of aliphatic imine (C=N–C) groups is 1. The number of aliphatic hydroxyl groups is 1. The zero-order chi connectivity index (χ0) is 14.5. The van der Waals surface area contributed by atoms with Gasteiger partial charge in [0.05, 0.1) is 18.9 Å². The van der Waals surface area contributed by atoms with E-state index in [0.717, 1.165) is 0 Å². The lowest BCUT2D eigenvalue weighted by Gasteiger charge is -2.11. The van der Waals surface area contributed by atoms with Crippen molar-refractivity contribution in [3.05, 3.63) is 64.4 Å². The number of rotatable bonds is 4. The molecule has 0 spiro atoms. The number of hydrogen-bond donors (Lipinski definition) is 2. The molecule has 2 rings (SSSR count). The average Bonchev–Trinajstić information content (AvgIpc) is 2.44. The van der Waals surface area contributed by atoms with E-state index < -0.39 is 5.82 Å². The topological polar surface area (TPSA) is 58.6 Å². The SMILES string of the molecule is Nc1ccc(Cl)cc1C(=NCCO)c1ccccc1F. The normalized spacial score (nSPS) is 11.7. The molecule has 0 heterocycles. The molecule has 20 heavy (non-hydrogen) atoms. The summed E-state index contributed by atoms with van der Waals surface area (Å²) in [6, 6.07) is 11.2. The Labute approximate surface area is 121 Å². The van der Waals surface area contributed by atoms with Gasteiger partial charge in [-0.2, -0.15) is 0 Å². The van der Waals surface area contributed by atoms with Crippen LogP contribution in [0.25, 0.3) is 0 Å². The fourth-order valence-corrected chi connectivity index (χ4v) is 2.04. The van der Waals surface area contributed by atoms with Crippen LogP contribution in [0.5, 0.6) is 0 Å². The predicted octanol–water partition coefficient (Wildman–Crippen LogP) is 2.89. The molecule has 3 nitrogen and oxygen atoms in total. The number of nitrogen functional groups attached to an aromatic ring is 1. The second-order valence-corrected chi connectivity index (χ2v) is 4.60. The number of benzene rings is 2. The zero-order valence-electron chi connectivity index (χ0n) is 10.7. The van der Waals surface area contributed by atoms with Gasteiger partial charge in [-0.1, -0.05) is 23.7 Å². The summed E-state index contributed by atoms with van der Waals surface area (Å²) in [6.45, 7) is 0.0358. The van der Waals surface area contributed by atoms with Crippen LogP contribution in [0.4, 0.5) is 10.1 Å². The van der Waals surface area contributed by atoms with Crippen molar-refractivity contribution in [2.45, 2.75) is 0 Å². The fourth-order valence-electron chi connectivity index (χ4n) is 1.86. The number of hydrogen-bond acceptors (Lipinski definition) is 3. The Hall–Kier alpha value is -1.91. The van der Waals surface area contributed by atoms with Gasteiger partial charge in [0.2, 0.25) is 0 Å². The van der Waals surface area contributed by atoms with Crippen LogP contribution < -0.4 is 5.73 Å². The van der Waals surface area contributed by atoms with Crippen LogP contribution in [0.15, 0.2) is 47.5 Å². The monoisotopic (exact) mass is 292 g/mol. The van der Waals surface area contributed by atoms with E-state index in [-0.39, 0.29) is 13.2 Å². The Morgan fingerprint density at radius 2 is 1.95 bits per heavy atom. The van der Waals surface area contributed by atoms with Crippen molar-refractivity contribution in [3.63, 3.8) is 0 Å². The second-order valence-electron chi connectivity index (χ2n) is 4.17. The molecule has 0 fully saturated rings. The molecule has 2 aromatic carbocycles. The first-order valence-corrected chi connectivity index (χ1v) is 6.47. The molecule has 0 aliphatic carbocycles. The maximum Gasteiger partial charge on any atom is 0.132 e. The Morgan fingerprint density at radius 1 is 1.20 bits per heavy atom. The van der Waals surface area contributed by atoms with E-state index in [1.54, 1.807) is 36.4 Å². The Morgan fingerprint density at radius 3 is 2.65 bits per heavy atom. The van der Waals surface area contributed by atoms with Gasteiger partial charge in [0.1, 0.15) is 5.82 Å². The smallest absolute Gasteiger partial charge is 0.132 e. The summed E-state index contributed by atoms with van der Waals surface area (Å²) in [7, 11) is 0. The highest BCUT2D eigenvalue weighted by Gasteiger charge is 2.14. The molecule has 0 saturated heterocycles. The first-order valence-electron chi connectivity index (χ1n) is 6.09. The summed E-state index contributed by atoms with van der Waals surface area (Å²) in [5.41, 5.74) is 7.64. The van der Waals surface area contributed by atoms with Crippen LogP contribution in [0.1, 0.15) is 11.1 Å². The van der Waals surface area contributed by atoms with Gasteiger partial charge < -0.3 is 10.8 Å². The van der Waals surface area contributed by atoms with Crippen molar-refractivity contribution in [2.24, 2.45) is 4.99 Å². The summed E-state index contributed by atoms with van der Waals surface area (Å²) < 4.78 is 14.0. The quantitative estimate of drug-likeness (QED) is 0.672. The largest absolute Gasteiger partial charge is 0.398 e. The lowest BCUT2D eigenvalue weighted by atomic mass is 10.00. The van der Waals surface area contributed by atoms with Crippen LogP contribution in [0, 0.1) is 5.82 Å². The van der Waals surface area contributed by atoms with Crippen molar-refractivity contribution in [1.82, 2.24) is 0 Å². The van der Waals surface area contributed by atoms with Crippen molar-refractivity contribution in [1.29, 1.82) is 0 Å². The molecule has 0 radical (unpaired) electrons. The van der Waals surface area contributed by atoms with Crippen LogP contribution in [0.3, 0.4) is 0 Å². The summed E-state index contributed by atoms with van der Waals surface area (Å²) in [5, 5.41) is 9.43. The number of halogens is 2. The van der Waals surface area contributed by atoms with E-state index >= 15 is 0 Å². The molecule has 104 valence electrons. The molecule has 3 N–H and O–H groups in total. The van der Waals surface area contributed by atoms with Gasteiger partial charge in [-0.05, 0) is 30.3 Å². The summed E-state index contributed by atoms with van der Waals surface area (Å²) in [6.07, 6.45) is 0. The fraction of sp³-hybridized carbons (Fsp3) is 0.133. The third-order valence-corrected chi connectivity index (χ3v) is 3.00. The van der Waals surface area contributed by atoms with Gasteiger partial charge in [-0.25, -0.2) is 4.39 Å². The van der Waals surface area contributed by atoms with Gasteiger partial charge in [0.25, 0.3) is 0 Å². The summed E-state index contributed by atoms with van der Waals surface area (Å²) in [4.78, 5) is 4.23. The average molecular weight is 293 g/mol. The highest BCUT2D eigenvalue weighted by molar-refractivity contribution is 6.31. The van der Waals surface area contributed by atoms with Crippen molar-refractivity contribution < 1.29 is 9.50 Å². The van der Waals surface area contributed by atoms with E-state index in [4.69, 9.17) is 22.4 Å². The van der Waals surface area contributed by atoms with Gasteiger partial charge in [-0.3, -0.25) is 4.99 Å². The number of aliphatic hydroxyl groups excluding tert-OH is 1. The van der Waals surface area contributed by atoms with Crippen LogP contribution in [-0.4, -0.2) is 24.0 Å². The number of nitrogens with two attached hydrogens (primary N) is 1. The summed E-state index contributed by atoms with van der Waals surface area (Å²) in [5.74, 6) is -0.399. The molecule has 2 aromatic rings. The zero-order valence-corrected chi connectivity index (χ0v) is 11.4. The minimum Gasteiger partial charge on any atom is -0.398 e. The predicted molar refractivity (Wildman–Crippen MR) is 79.9 cm³/mol. The molecule has 0 unspecified atom stereocenters. The van der Waals surface area contributed by atoms with E-state index in [1.165, 1.54) is 6.07 Å². The van der Waals surface area contributed by atoms with E-state index in [1.807, 2.05) is 0 Å². The molecule has 0 amide bonds. The lowest BCUT2D eigenvalue weighted by Crippen LogP contribution is -2.10. The number of anilines is 1. The molecule has 0 aliphatic heterocycles. The minimum absolute atomic E-state index is 0.127. The molecule has 0 bridgehead atoms. The second kappa shape index (κ2) is 6.50. The molecule has 5 heteroatoms. The third kappa shape index (κ3) is 3.15. The van der Waals surface area contributed by atoms with E-state index in [2.05, 4.69) is 4.99 Å². The van der Waals surface area contributed by atoms with Gasteiger partial charge >= 0.3 is 0 Å². The lowest BCUT2D eigenvalue weighted by molar-refractivity contribution is 0.307. The van der Waals surface area contributed by atoms with Crippen LogP contribution in [-0.2, 0) is 0 Å². The van der Waals surface area contributed by atoms with Gasteiger partial charge in [0, 0.05) is 21.8 Å². The molecular formula is C15H14ClFN2O. The first-order chi connectivity index (χ1) is 9.63. The minimum atomic E-state index is -0.399. The molecular weight excluding hydrogens is 279 g/mol. The molecule has 0 aromatic heterocycles. The molecule has 0 saturated carbocycles. The highest BCUT2D eigenvalue weighted by Crippen LogP contribution is 2.23. The highest BCUT2D eigenvalue weighted by atomic mass is 35.5. The van der Waals surface area contributed by atoms with E-state index in [9.17, 15) is 4.39 Å². The van der Waals surface area contributed by atoms with Gasteiger partial charge in [-0.15, -0.1) is 0 Å². The van der Waals surface area contributed by atoms with Crippen molar-refractivity contribution in [3.8, 4) is 0 Å². The molecule has 0 atom stereocenters. The maximum atomic E-state index is 14.0. The van der Waals surface area contributed by atoms with E-state index in [0.29, 0.717) is 27.5 Å². The van der Waals surface area contributed by atoms with Crippen LogP contribution in [0.2, 0.25) is 5.02 Å². The third-order valence-electron chi connectivity index (χ3n) is 2.77. The first kappa shape index (κ1) is 14.5. The Balaban J connectivity index is 2.60. The number of nitrogens with zero attached hydrogens (tertiary/aromatic N) is 1. The maximum absolute atomic E-state index is 14.0. The standard InChI is InChI=1S/C15H14ClFN2O/c16-10-5-6-14(18)12(9-10)15(19-7-8-20)11-3-1-2-4-13(11)17/h1-6,9,20H,7-8,18H2. The Kier molecular flexibility index (Phi) is 4.71. The molecule has 0 aliphatic rings. The van der Waals surface area contributed by atoms with Crippen molar-refractivity contribution in [2.75, 3.05) is 18.9 Å². The summed E-state index contributed by atoms with van der Waals surface area (Å²) >= 11 is 5.97. The van der Waals surface area contributed by atoms with Gasteiger partial charge in [0.15, 0.2) is 0 Å².